The number of hydrogen-bond acceptors (Lipinski definition) is 5. The molecule has 1 aliphatic rings. The first-order valence-electron chi connectivity index (χ1n) is 11.2. The molecule has 2 aromatic carbocycles. The van der Waals surface area contributed by atoms with E-state index in [-0.39, 0.29) is 6.54 Å². The minimum Gasteiger partial charge on any atom is -0.350 e. The predicted octanol–water partition coefficient (Wildman–Crippen LogP) is 2.50. The highest BCUT2D eigenvalue weighted by Gasteiger charge is 2.49. The fraction of sp³-hybridized carbons (Fsp3) is 0.269. The highest BCUT2D eigenvalue weighted by molar-refractivity contribution is 6.09. The lowest BCUT2D eigenvalue weighted by atomic mass is 9.91. The van der Waals surface area contributed by atoms with Crippen molar-refractivity contribution < 1.29 is 14.4 Å². The maximum absolute atomic E-state index is 13.1. The Kier molecular flexibility index (Phi) is 6.38. The number of aromatic nitrogens is 2. The van der Waals surface area contributed by atoms with Crippen molar-refractivity contribution in [3.8, 4) is 6.07 Å². The van der Waals surface area contributed by atoms with E-state index in [1.54, 1.807) is 31.2 Å². The van der Waals surface area contributed by atoms with Crippen LogP contribution < -0.4 is 10.6 Å². The number of benzene rings is 2. The highest BCUT2D eigenvalue weighted by Crippen LogP contribution is 2.29. The van der Waals surface area contributed by atoms with E-state index in [1.165, 1.54) is 0 Å². The molecule has 1 unspecified atom stereocenters. The van der Waals surface area contributed by atoms with Crippen LogP contribution in [0.5, 0.6) is 0 Å². The lowest BCUT2D eigenvalue weighted by Gasteiger charge is -2.22. The van der Waals surface area contributed by atoms with Crippen molar-refractivity contribution in [3.63, 3.8) is 0 Å². The van der Waals surface area contributed by atoms with Crippen LogP contribution in [0.25, 0.3) is 0 Å². The molecule has 0 radical (unpaired) electrons. The molecule has 0 saturated carbocycles. The van der Waals surface area contributed by atoms with Gasteiger partial charge >= 0.3 is 6.03 Å². The van der Waals surface area contributed by atoms with Crippen LogP contribution in [-0.2, 0) is 28.2 Å². The number of nitrogens with zero attached hydrogens (tertiary/aromatic N) is 4. The van der Waals surface area contributed by atoms with Gasteiger partial charge in [-0.25, -0.2) is 4.79 Å². The molecule has 4 rings (SSSR count). The molecule has 178 valence electrons. The molecular formula is C26H26N6O3. The summed E-state index contributed by atoms with van der Waals surface area (Å²) in [7, 11) is 0. The second-order valence-electron chi connectivity index (χ2n) is 8.71. The van der Waals surface area contributed by atoms with Crippen molar-refractivity contribution in [2.75, 3.05) is 6.54 Å². The maximum Gasteiger partial charge on any atom is 0.325 e. The van der Waals surface area contributed by atoms with Gasteiger partial charge in [-0.1, -0.05) is 42.5 Å². The fourth-order valence-electron chi connectivity index (χ4n) is 4.22. The molecule has 1 saturated heterocycles. The lowest BCUT2D eigenvalue weighted by Crippen LogP contribution is -2.43. The van der Waals surface area contributed by atoms with Crippen LogP contribution in [0.1, 0.15) is 40.6 Å². The topological polar surface area (TPSA) is 120 Å². The molecular weight excluding hydrogens is 444 g/mol. The van der Waals surface area contributed by atoms with Crippen LogP contribution in [0.15, 0.2) is 54.6 Å². The Morgan fingerprint density at radius 1 is 1.14 bits per heavy atom. The molecule has 9 nitrogen and oxygen atoms in total. The van der Waals surface area contributed by atoms with Crippen molar-refractivity contribution in [2.45, 2.75) is 39.4 Å². The summed E-state index contributed by atoms with van der Waals surface area (Å²) in [6.45, 7) is 5.84. The Morgan fingerprint density at radius 3 is 2.60 bits per heavy atom. The van der Waals surface area contributed by atoms with E-state index < -0.39 is 29.9 Å². The van der Waals surface area contributed by atoms with Gasteiger partial charge in [-0.05, 0) is 44.0 Å². The first-order chi connectivity index (χ1) is 16.7. The van der Waals surface area contributed by atoms with Gasteiger partial charge in [0.1, 0.15) is 12.1 Å². The predicted molar refractivity (Wildman–Crippen MR) is 128 cm³/mol. The van der Waals surface area contributed by atoms with Crippen LogP contribution in [0.2, 0.25) is 0 Å². The zero-order valence-corrected chi connectivity index (χ0v) is 19.8. The van der Waals surface area contributed by atoms with Gasteiger partial charge in [-0.2, -0.15) is 10.4 Å². The molecule has 1 aromatic heterocycles. The number of nitrogens with one attached hydrogen (secondary N) is 2. The summed E-state index contributed by atoms with van der Waals surface area (Å²) in [5.41, 5.74) is 3.26. The van der Waals surface area contributed by atoms with Gasteiger partial charge in [-0.3, -0.25) is 19.2 Å². The van der Waals surface area contributed by atoms with Crippen molar-refractivity contribution in [2.24, 2.45) is 0 Å². The van der Waals surface area contributed by atoms with E-state index in [2.05, 4.69) is 15.7 Å². The zero-order valence-electron chi connectivity index (χ0n) is 19.8. The lowest BCUT2D eigenvalue weighted by molar-refractivity contribution is -0.134. The molecule has 1 aliphatic heterocycles. The molecule has 1 atom stereocenters. The average molecular weight is 471 g/mol. The van der Waals surface area contributed by atoms with Gasteiger partial charge in [0.05, 0.1) is 23.9 Å². The Bertz CT molecular complexity index is 1340. The normalized spacial score (nSPS) is 17.3. The summed E-state index contributed by atoms with van der Waals surface area (Å²) >= 11 is 0. The molecule has 3 aromatic rings. The van der Waals surface area contributed by atoms with E-state index in [9.17, 15) is 14.4 Å². The van der Waals surface area contributed by atoms with Gasteiger partial charge in [-0.15, -0.1) is 0 Å². The van der Waals surface area contributed by atoms with Crippen molar-refractivity contribution in [3.05, 3.63) is 88.2 Å². The quantitative estimate of drug-likeness (QED) is 0.514. The number of nitriles is 1. The Labute approximate surface area is 203 Å². The van der Waals surface area contributed by atoms with Gasteiger partial charge in [0.15, 0.2) is 0 Å². The van der Waals surface area contributed by atoms with Gasteiger partial charge in [0.2, 0.25) is 5.91 Å². The summed E-state index contributed by atoms with van der Waals surface area (Å²) in [4.78, 5) is 39.2. The number of urea groups is 1. The third kappa shape index (κ3) is 4.64. The molecule has 0 bridgehead atoms. The number of hydrogen-bond donors (Lipinski definition) is 2. The molecule has 2 N–H and O–H groups in total. The maximum atomic E-state index is 13.1. The van der Waals surface area contributed by atoms with E-state index >= 15 is 0 Å². The minimum absolute atomic E-state index is 0.233. The van der Waals surface area contributed by atoms with E-state index in [4.69, 9.17) is 5.26 Å². The minimum atomic E-state index is -1.35. The largest absolute Gasteiger partial charge is 0.350 e. The van der Waals surface area contributed by atoms with E-state index in [0.29, 0.717) is 17.7 Å². The van der Waals surface area contributed by atoms with E-state index in [0.717, 1.165) is 27.4 Å². The summed E-state index contributed by atoms with van der Waals surface area (Å²) in [6.07, 6.45) is 0. The first kappa shape index (κ1) is 23.7. The van der Waals surface area contributed by atoms with E-state index in [1.807, 2.05) is 54.9 Å². The SMILES string of the molecule is Cc1nn(Cc2ccccc2)c(C)c1CNC(=O)CN1C(=O)NC(C)(c2cccc(C#N)c2)C1=O. The molecule has 35 heavy (non-hydrogen) atoms. The molecule has 2 heterocycles. The summed E-state index contributed by atoms with van der Waals surface area (Å²) in [5, 5.41) is 19.2. The molecule has 1 fully saturated rings. The third-order valence-corrected chi connectivity index (χ3v) is 6.31. The summed E-state index contributed by atoms with van der Waals surface area (Å²) in [6, 6.07) is 17.8. The molecule has 4 amide bonds. The third-order valence-electron chi connectivity index (χ3n) is 6.31. The highest BCUT2D eigenvalue weighted by atomic mass is 16.2. The standard InChI is InChI=1S/C26H26N6O3/c1-17-22(18(2)32(30-17)15-19-8-5-4-6-9-19)14-28-23(33)16-31-24(34)26(3,29-25(31)35)21-11-7-10-20(12-21)13-27/h4-12H,14-16H2,1-3H3,(H,28,33)(H,29,35). The second kappa shape index (κ2) is 9.43. The summed E-state index contributed by atoms with van der Waals surface area (Å²) < 4.78 is 1.89. The van der Waals surface area contributed by atoms with Crippen LogP contribution in [-0.4, -0.2) is 39.1 Å². The van der Waals surface area contributed by atoms with Crippen molar-refractivity contribution in [1.82, 2.24) is 25.3 Å². The Hall–Kier alpha value is -4.45. The number of amides is 4. The van der Waals surface area contributed by atoms with Crippen molar-refractivity contribution in [1.29, 1.82) is 5.26 Å². The summed E-state index contributed by atoms with van der Waals surface area (Å²) in [5.74, 6) is -1.01. The number of imide groups is 1. The average Bonchev–Trinajstić information content (AvgIpc) is 3.24. The van der Waals surface area contributed by atoms with Crippen LogP contribution in [0.4, 0.5) is 4.79 Å². The Balaban J connectivity index is 1.41. The molecule has 9 heteroatoms. The van der Waals surface area contributed by atoms with Crippen LogP contribution in [0, 0.1) is 25.2 Å². The number of carbonyl (C=O) groups is 3. The van der Waals surface area contributed by atoms with Gasteiger partial charge in [0.25, 0.3) is 5.91 Å². The molecule has 0 aliphatic carbocycles. The van der Waals surface area contributed by atoms with Crippen molar-refractivity contribution >= 4 is 17.8 Å². The monoisotopic (exact) mass is 470 g/mol. The molecule has 0 spiro atoms. The first-order valence-corrected chi connectivity index (χ1v) is 11.2. The number of aryl methyl sites for hydroxylation is 1. The van der Waals surface area contributed by atoms with Gasteiger partial charge in [0, 0.05) is 17.8 Å². The second-order valence-corrected chi connectivity index (χ2v) is 8.71. The smallest absolute Gasteiger partial charge is 0.325 e. The van der Waals surface area contributed by atoms with Crippen LogP contribution >= 0.6 is 0 Å². The Morgan fingerprint density at radius 2 is 1.89 bits per heavy atom. The van der Waals surface area contributed by atoms with Crippen LogP contribution in [0.3, 0.4) is 0 Å². The van der Waals surface area contributed by atoms with Gasteiger partial charge < -0.3 is 10.6 Å². The zero-order chi connectivity index (χ0) is 25.2. The fourth-order valence-corrected chi connectivity index (χ4v) is 4.22. The number of rotatable bonds is 7. The number of carbonyl (C=O) groups excluding carboxylic acids is 3.